The van der Waals surface area contributed by atoms with E-state index in [0.29, 0.717) is 5.69 Å². The molecule has 1 aliphatic carbocycles. The number of hydrogen-bond acceptors (Lipinski definition) is 5. The zero-order chi connectivity index (χ0) is 20.8. The smallest absolute Gasteiger partial charge is 0.329 e. The SMILES string of the molecule is CC(=O)NC(C(=O)OCC(=O)Nc1ccc(N2CCCC2)cc1C)C1CCCC1. The van der Waals surface area contributed by atoms with Gasteiger partial charge in [-0.1, -0.05) is 12.8 Å². The van der Waals surface area contributed by atoms with Gasteiger partial charge in [-0.25, -0.2) is 4.79 Å². The molecule has 1 aliphatic heterocycles. The molecular formula is C22H31N3O4. The molecule has 2 aliphatic rings. The maximum atomic E-state index is 12.5. The Kier molecular flexibility index (Phi) is 7.12. The molecule has 1 unspecified atom stereocenters. The van der Waals surface area contributed by atoms with Crippen LogP contribution in [0.25, 0.3) is 0 Å². The van der Waals surface area contributed by atoms with Crippen molar-refractivity contribution in [3.8, 4) is 0 Å². The van der Waals surface area contributed by atoms with Gasteiger partial charge in [0.15, 0.2) is 6.61 Å². The van der Waals surface area contributed by atoms with Gasteiger partial charge in [-0.3, -0.25) is 9.59 Å². The molecule has 7 heteroatoms. The average Bonchev–Trinajstić information content (AvgIpc) is 3.39. The van der Waals surface area contributed by atoms with Crippen LogP contribution in [-0.2, 0) is 19.1 Å². The van der Waals surface area contributed by atoms with Crippen molar-refractivity contribution >= 4 is 29.2 Å². The van der Waals surface area contributed by atoms with Crippen LogP contribution in [0.4, 0.5) is 11.4 Å². The molecule has 0 bridgehead atoms. The number of carbonyl (C=O) groups excluding carboxylic acids is 3. The number of esters is 1. The molecule has 1 heterocycles. The van der Waals surface area contributed by atoms with Crippen LogP contribution in [-0.4, -0.2) is 43.5 Å². The van der Waals surface area contributed by atoms with E-state index in [9.17, 15) is 14.4 Å². The molecule has 0 aromatic heterocycles. The maximum Gasteiger partial charge on any atom is 0.329 e. The molecule has 2 N–H and O–H groups in total. The molecule has 0 radical (unpaired) electrons. The van der Waals surface area contributed by atoms with Gasteiger partial charge in [-0.05, 0) is 62.3 Å². The Hall–Kier alpha value is -2.57. The number of ether oxygens (including phenoxy) is 1. The molecule has 1 atom stereocenters. The van der Waals surface area contributed by atoms with Crippen molar-refractivity contribution in [3.05, 3.63) is 23.8 Å². The van der Waals surface area contributed by atoms with Gasteiger partial charge in [0, 0.05) is 31.4 Å². The minimum Gasteiger partial charge on any atom is -0.454 e. The lowest BCUT2D eigenvalue weighted by Gasteiger charge is -2.22. The zero-order valence-electron chi connectivity index (χ0n) is 17.3. The molecular weight excluding hydrogens is 370 g/mol. The van der Waals surface area contributed by atoms with Crippen LogP contribution in [0.2, 0.25) is 0 Å². The van der Waals surface area contributed by atoms with Crippen molar-refractivity contribution in [1.29, 1.82) is 0 Å². The fourth-order valence-corrected chi connectivity index (χ4v) is 4.25. The molecule has 7 nitrogen and oxygen atoms in total. The van der Waals surface area contributed by atoms with E-state index in [-0.39, 0.29) is 24.3 Å². The molecule has 2 amide bonds. The minimum absolute atomic E-state index is 0.0786. The number of rotatable bonds is 7. The van der Waals surface area contributed by atoms with E-state index in [1.807, 2.05) is 19.1 Å². The van der Waals surface area contributed by atoms with Crippen LogP contribution in [0.5, 0.6) is 0 Å². The molecule has 158 valence electrons. The summed E-state index contributed by atoms with van der Waals surface area (Å²) in [6, 6.07) is 5.29. The van der Waals surface area contributed by atoms with Gasteiger partial charge in [-0.2, -0.15) is 0 Å². The molecule has 1 saturated heterocycles. The third-order valence-electron chi connectivity index (χ3n) is 5.78. The number of hydrogen-bond donors (Lipinski definition) is 2. The summed E-state index contributed by atoms with van der Waals surface area (Å²) < 4.78 is 5.22. The molecule has 3 rings (SSSR count). The van der Waals surface area contributed by atoms with Crippen molar-refractivity contribution in [1.82, 2.24) is 5.32 Å². The van der Waals surface area contributed by atoms with Crippen LogP contribution in [0.3, 0.4) is 0 Å². The first-order chi connectivity index (χ1) is 13.9. The Balaban J connectivity index is 1.53. The highest BCUT2D eigenvalue weighted by molar-refractivity contribution is 5.94. The fraction of sp³-hybridized carbons (Fsp3) is 0.591. The second-order valence-corrected chi connectivity index (χ2v) is 8.07. The Bertz CT molecular complexity index is 752. The van der Waals surface area contributed by atoms with Crippen LogP contribution in [0.15, 0.2) is 18.2 Å². The molecule has 29 heavy (non-hydrogen) atoms. The van der Waals surface area contributed by atoms with Crippen molar-refractivity contribution < 1.29 is 19.1 Å². The number of nitrogens with one attached hydrogen (secondary N) is 2. The lowest BCUT2D eigenvalue weighted by atomic mass is 9.98. The quantitative estimate of drug-likeness (QED) is 0.686. The summed E-state index contributed by atoms with van der Waals surface area (Å²) in [4.78, 5) is 38.5. The first-order valence-corrected chi connectivity index (χ1v) is 10.5. The van der Waals surface area contributed by atoms with E-state index >= 15 is 0 Å². The number of nitrogens with zero attached hydrogens (tertiary/aromatic N) is 1. The summed E-state index contributed by atoms with van der Waals surface area (Å²) in [7, 11) is 0. The second-order valence-electron chi connectivity index (χ2n) is 8.07. The maximum absolute atomic E-state index is 12.5. The zero-order valence-corrected chi connectivity index (χ0v) is 17.3. The van der Waals surface area contributed by atoms with Crippen molar-refractivity contribution in [3.63, 3.8) is 0 Å². The third-order valence-corrected chi connectivity index (χ3v) is 5.78. The molecule has 1 saturated carbocycles. The largest absolute Gasteiger partial charge is 0.454 e. The van der Waals surface area contributed by atoms with Crippen LogP contribution < -0.4 is 15.5 Å². The third kappa shape index (κ3) is 5.71. The molecule has 1 aromatic rings. The lowest BCUT2D eigenvalue weighted by Crippen LogP contribution is -2.46. The highest BCUT2D eigenvalue weighted by atomic mass is 16.5. The summed E-state index contributed by atoms with van der Waals surface area (Å²) >= 11 is 0. The first kappa shape index (κ1) is 21.1. The van der Waals surface area contributed by atoms with E-state index in [2.05, 4.69) is 21.6 Å². The highest BCUT2D eigenvalue weighted by Gasteiger charge is 2.32. The van der Waals surface area contributed by atoms with Gasteiger partial charge in [0.25, 0.3) is 5.91 Å². The van der Waals surface area contributed by atoms with Crippen LogP contribution in [0, 0.1) is 12.8 Å². The minimum atomic E-state index is -0.677. The van der Waals surface area contributed by atoms with Crippen LogP contribution >= 0.6 is 0 Å². The fourth-order valence-electron chi connectivity index (χ4n) is 4.25. The van der Waals surface area contributed by atoms with Gasteiger partial charge in [0.1, 0.15) is 6.04 Å². The van der Waals surface area contributed by atoms with E-state index in [0.717, 1.165) is 44.3 Å². The van der Waals surface area contributed by atoms with Gasteiger partial charge in [-0.15, -0.1) is 0 Å². The number of carbonyl (C=O) groups is 3. The van der Waals surface area contributed by atoms with E-state index in [1.165, 1.54) is 25.5 Å². The van der Waals surface area contributed by atoms with Gasteiger partial charge >= 0.3 is 5.97 Å². The van der Waals surface area contributed by atoms with Crippen molar-refractivity contribution in [2.45, 2.75) is 58.4 Å². The number of benzene rings is 1. The van der Waals surface area contributed by atoms with Gasteiger partial charge in [0.05, 0.1) is 0 Å². The summed E-state index contributed by atoms with van der Waals surface area (Å²) in [6.07, 6.45) is 6.28. The predicted octanol–water partition coefficient (Wildman–Crippen LogP) is 2.77. The Morgan fingerprint density at radius 3 is 2.45 bits per heavy atom. The Morgan fingerprint density at radius 1 is 1.14 bits per heavy atom. The molecule has 2 fully saturated rings. The van der Waals surface area contributed by atoms with Crippen molar-refractivity contribution in [2.75, 3.05) is 29.9 Å². The average molecular weight is 402 g/mol. The number of amides is 2. The topological polar surface area (TPSA) is 87.7 Å². The van der Waals surface area contributed by atoms with E-state index in [4.69, 9.17) is 4.74 Å². The predicted molar refractivity (Wildman–Crippen MR) is 112 cm³/mol. The molecule has 0 spiro atoms. The summed E-state index contributed by atoms with van der Waals surface area (Å²) in [5.74, 6) is -1.11. The Morgan fingerprint density at radius 2 is 1.83 bits per heavy atom. The highest BCUT2D eigenvalue weighted by Crippen LogP contribution is 2.28. The van der Waals surface area contributed by atoms with Crippen LogP contribution in [0.1, 0.15) is 51.0 Å². The standard InChI is InChI=1S/C22H31N3O4/c1-15-13-18(25-11-5-6-12-25)9-10-19(15)24-20(27)14-29-22(28)21(23-16(2)26)17-7-3-4-8-17/h9-10,13,17,21H,3-8,11-12,14H2,1-2H3,(H,23,26)(H,24,27). The van der Waals surface area contributed by atoms with E-state index in [1.54, 1.807) is 0 Å². The van der Waals surface area contributed by atoms with E-state index < -0.39 is 12.0 Å². The van der Waals surface area contributed by atoms with Crippen molar-refractivity contribution in [2.24, 2.45) is 5.92 Å². The Labute approximate surface area is 172 Å². The summed E-state index contributed by atoms with van der Waals surface area (Å²) in [5.41, 5.74) is 2.85. The summed E-state index contributed by atoms with van der Waals surface area (Å²) in [5, 5.41) is 5.50. The van der Waals surface area contributed by atoms with Gasteiger partial charge in [0.2, 0.25) is 5.91 Å². The van der Waals surface area contributed by atoms with Gasteiger partial charge < -0.3 is 20.3 Å². The first-order valence-electron chi connectivity index (χ1n) is 10.5. The number of anilines is 2. The summed E-state index contributed by atoms with van der Waals surface area (Å²) in [6.45, 7) is 5.11. The lowest BCUT2D eigenvalue weighted by molar-refractivity contribution is -0.152. The number of aryl methyl sites for hydroxylation is 1. The normalized spacial score (nSPS) is 17.8. The monoisotopic (exact) mass is 401 g/mol. The molecule has 1 aromatic carbocycles. The second kappa shape index (κ2) is 9.76.